The topological polar surface area (TPSA) is 83.8 Å². The second-order valence-electron chi connectivity index (χ2n) is 8.25. The average Bonchev–Trinajstić information content (AvgIpc) is 3.41. The Bertz CT molecular complexity index is 895. The van der Waals surface area contributed by atoms with Gasteiger partial charge in [0.15, 0.2) is 0 Å². The van der Waals surface area contributed by atoms with Gasteiger partial charge in [0.05, 0.1) is 5.92 Å². The Morgan fingerprint density at radius 3 is 2.58 bits per heavy atom. The quantitative estimate of drug-likeness (QED) is 0.676. The van der Waals surface area contributed by atoms with Gasteiger partial charge in [-0.3, -0.25) is 9.69 Å². The summed E-state index contributed by atoms with van der Waals surface area (Å²) in [6.45, 7) is 5.79. The maximum Gasteiger partial charge on any atom is 0.490 e. The molecule has 0 radical (unpaired) electrons. The molecule has 7 nitrogen and oxygen atoms in total. The molecule has 0 aliphatic carbocycles. The number of aliphatic carboxylic acids is 1. The third kappa shape index (κ3) is 7.86. The molecule has 2 aromatic heterocycles. The molecule has 1 amide bonds. The third-order valence-electron chi connectivity index (χ3n) is 5.71. The van der Waals surface area contributed by atoms with Gasteiger partial charge in [0, 0.05) is 57.8 Å². The Morgan fingerprint density at radius 2 is 1.94 bits per heavy atom. The van der Waals surface area contributed by atoms with Crippen LogP contribution < -0.4 is 5.32 Å². The maximum absolute atomic E-state index is 12.9. The van der Waals surface area contributed by atoms with Crippen molar-refractivity contribution in [2.45, 2.75) is 38.7 Å². The van der Waals surface area contributed by atoms with Crippen LogP contribution in [0.3, 0.4) is 0 Å². The van der Waals surface area contributed by atoms with E-state index in [-0.39, 0.29) is 11.8 Å². The lowest BCUT2D eigenvalue weighted by Gasteiger charge is -2.25. The minimum Gasteiger partial charge on any atom is -0.475 e. The van der Waals surface area contributed by atoms with Gasteiger partial charge in [-0.15, -0.1) is 0 Å². The minimum absolute atomic E-state index is 0.0119. The second-order valence-corrected chi connectivity index (χ2v) is 9.03. The minimum atomic E-state index is -5.08. The van der Waals surface area contributed by atoms with Crippen molar-refractivity contribution in [2.75, 3.05) is 26.3 Å². The van der Waals surface area contributed by atoms with E-state index in [0.29, 0.717) is 5.92 Å². The lowest BCUT2D eigenvalue weighted by molar-refractivity contribution is -0.192. The van der Waals surface area contributed by atoms with Crippen molar-refractivity contribution in [1.29, 1.82) is 0 Å². The summed E-state index contributed by atoms with van der Waals surface area (Å²) in [6.07, 6.45) is -0.879. The van der Waals surface area contributed by atoms with Gasteiger partial charge in [-0.1, -0.05) is 0 Å². The summed E-state index contributed by atoms with van der Waals surface area (Å²) in [6, 6.07) is 6.43. The number of nitrogens with zero attached hydrogens (tertiary/aromatic N) is 2. The number of thiophene rings is 1. The molecule has 0 spiro atoms. The van der Waals surface area contributed by atoms with Crippen LogP contribution in [0.5, 0.6) is 0 Å². The molecule has 2 N–H and O–H groups in total. The molecule has 0 aromatic carbocycles. The molecular formula is C22H28F3N3O4S. The molecule has 0 bridgehead atoms. The summed E-state index contributed by atoms with van der Waals surface area (Å²) in [5.74, 6) is -2.02. The number of nitrogens with one attached hydrogen (secondary N) is 1. The van der Waals surface area contributed by atoms with Crippen LogP contribution in [0, 0.1) is 11.8 Å². The lowest BCUT2D eigenvalue weighted by atomic mass is 10.00. The molecule has 0 saturated carbocycles. The van der Waals surface area contributed by atoms with Gasteiger partial charge in [0.2, 0.25) is 5.91 Å². The van der Waals surface area contributed by atoms with Crippen molar-refractivity contribution in [3.05, 3.63) is 46.4 Å². The van der Waals surface area contributed by atoms with Crippen molar-refractivity contribution < 1.29 is 32.6 Å². The number of carbonyl (C=O) groups is 2. The number of rotatable bonds is 5. The number of aromatic nitrogens is 1. The number of ether oxygens (including phenoxy) is 1. The summed E-state index contributed by atoms with van der Waals surface area (Å²) in [5, 5.41) is 14.7. The summed E-state index contributed by atoms with van der Waals surface area (Å²) in [7, 11) is 0. The molecule has 2 aliphatic heterocycles. The fourth-order valence-electron chi connectivity index (χ4n) is 3.94. The van der Waals surface area contributed by atoms with Crippen molar-refractivity contribution >= 4 is 23.2 Å². The van der Waals surface area contributed by atoms with Crippen LogP contribution in [0.15, 0.2) is 35.2 Å². The molecule has 4 heterocycles. The zero-order valence-electron chi connectivity index (χ0n) is 18.1. The number of hydrogen-bond donors (Lipinski definition) is 2. The van der Waals surface area contributed by atoms with Crippen LogP contribution in [-0.2, 0) is 34.0 Å². The van der Waals surface area contributed by atoms with Gasteiger partial charge >= 0.3 is 12.1 Å². The highest BCUT2D eigenvalue weighted by atomic mass is 32.1. The largest absolute Gasteiger partial charge is 0.490 e. The highest BCUT2D eigenvalue weighted by Gasteiger charge is 2.38. The van der Waals surface area contributed by atoms with E-state index in [1.165, 1.54) is 11.3 Å². The molecule has 2 aliphatic rings. The van der Waals surface area contributed by atoms with Crippen molar-refractivity contribution in [3.63, 3.8) is 0 Å². The summed E-state index contributed by atoms with van der Waals surface area (Å²) >= 11 is 1.73. The summed E-state index contributed by atoms with van der Waals surface area (Å²) < 4.78 is 39.4. The molecule has 182 valence electrons. The van der Waals surface area contributed by atoms with E-state index in [1.54, 1.807) is 11.3 Å². The first-order valence-corrected chi connectivity index (χ1v) is 11.7. The Balaban J connectivity index is 0.000000383. The van der Waals surface area contributed by atoms with Crippen LogP contribution in [-0.4, -0.2) is 58.9 Å². The highest BCUT2D eigenvalue weighted by molar-refractivity contribution is 7.07. The monoisotopic (exact) mass is 487 g/mol. The maximum atomic E-state index is 12.9. The lowest BCUT2D eigenvalue weighted by Crippen LogP contribution is -2.41. The standard InChI is InChI=1S/C20H27N3O2S.C2HF3O2/c24-20(21-10-16-3-7-25-8-4-16)18-12-22(11-17-5-9-26-15-17)14-19-2-1-6-23(19)13-18;3-2(4,5)1(6)7/h1-2,5-6,9,15-16,18H,3-4,7-8,10-14H2,(H,21,24);(H,6,7). The molecule has 1 saturated heterocycles. The Kier molecular flexibility index (Phi) is 8.93. The van der Waals surface area contributed by atoms with Crippen molar-refractivity contribution in [1.82, 2.24) is 14.8 Å². The smallest absolute Gasteiger partial charge is 0.475 e. The van der Waals surface area contributed by atoms with Gasteiger partial charge in [-0.05, 0) is 53.3 Å². The molecule has 1 unspecified atom stereocenters. The zero-order valence-corrected chi connectivity index (χ0v) is 18.9. The van der Waals surface area contributed by atoms with Crippen LogP contribution in [0.2, 0.25) is 0 Å². The Hall–Kier alpha value is -2.37. The Labute approximate surface area is 194 Å². The third-order valence-corrected chi connectivity index (χ3v) is 6.44. The zero-order chi connectivity index (χ0) is 23.8. The van der Waals surface area contributed by atoms with E-state index < -0.39 is 12.1 Å². The van der Waals surface area contributed by atoms with E-state index in [1.807, 2.05) is 0 Å². The molecule has 4 rings (SSSR count). The van der Waals surface area contributed by atoms with Crippen molar-refractivity contribution in [3.8, 4) is 0 Å². The van der Waals surface area contributed by atoms with Gasteiger partial charge in [0.1, 0.15) is 0 Å². The normalized spacial score (nSPS) is 19.7. The number of halogens is 3. The molecule has 33 heavy (non-hydrogen) atoms. The van der Waals surface area contributed by atoms with Gasteiger partial charge in [-0.25, -0.2) is 4.79 Å². The average molecular weight is 488 g/mol. The first-order valence-electron chi connectivity index (χ1n) is 10.8. The van der Waals surface area contributed by atoms with Gasteiger partial charge in [0.25, 0.3) is 0 Å². The Morgan fingerprint density at radius 1 is 1.21 bits per heavy atom. The number of carboxylic acid groups (broad SMARTS) is 1. The predicted octanol–water partition coefficient (Wildman–Crippen LogP) is 3.36. The van der Waals surface area contributed by atoms with Gasteiger partial charge < -0.3 is 19.7 Å². The van der Waals surface area contributed by atoms with E-state index in [0.717, 1.165) is 58.8 Å². The number of amides is 1. The number of fused-ring (bicyclic) bond motifs is 1. The fourth-order valence-corrected chi connectivity index (χ4v) is 4.60. The molecule has 2 aromatic rings. The number of hydrogen-bond acceptors (Lipinski definition) is 5. The van der Waals surface area contributed by atoms with Crippen LogP contribution in [0.1, 0.15) is 24.1 Å². The summed E-state index contributed by atoms with van der Waals surface area (Å²) in [5.41, 5.74) is 2.62. The van der Waals surface area contributed by atoms with Crippen LogP contribution in [0.25, 0.3) is 0 Å². The second kappa shape index (κ2) is 11.7. The van der Waals surface area contributed by atoms with Crippen LogP contribution >= 0.6 is 11.3 Å². The molecule has 1 fully saturated rings. The van der Waals surface area contributed by atoms with E-state index in [4.69, 9.17) is 14.6 Å². The first-order chi connectivity index (χ1) is 15.7. The SMILES string of the molecule is O=C(NCC1CCOCC1)C1CN(Cc2ccsc2)Cc2cccn2C1.O=C(O)C(F)(F)F. The first kappa shape index (κ1) is 25.3. The van der Waals surface area contributed by atoms with Gasteiger partial charge in [-0.2, -0.15) is 24.5 Å². The van der Waals surface area contributed by atoms with E-state index >= 15 is 0 Å². The number of carbonyl (C=O) groups excluding carboxylic acids is 1. The van der Waals surface area contributed by atoms with Crippen molar-refractivity contribution in [2.24, 2.45) is 11.8 Å². The predicted molar refractivity (Wildman–Crippen MR) is 117 cm³/mol. The number of alkyl halides is 3. The summed E-state index contributed by atoms with van der Waals surface area (Å²) in [4.78, 5) is 24.2. The number of carboxylic acids is 1. The van der Waals surface area contributed by atoms with E-state index in [9.17, 15) is 18.0 Å². The van der Waals surface area contributed by atoms with Crippen LogP contribution in [0.4, 0.5) is 13.2 Å². The molecule has 11 heteroatoms. The molecule has 1 atom stereocenters. The molecular weight excluding hydrogens is 459 g/mol. The van der Waals surface area contributed by atoms with E-state index in [2.05, 4.69) is 49.9 Å². The highest BCUT2D eigenvalue weighted by Crippen LogP contribution is 2.21. The fraction of sp³-hybridized carbons (Fsp3) is 0.545.